The summed E-state index contributed by atoms with van der Waals surface area (Å²) in [7, 11) is 4.91. The molecule has 8 heteroatoms. The summed E-state index contributed by atoms with van der Waals surface area (Å²) >= 11 is 0. The lowest BCUT2D eigenvalue weighted by molar-refractivity contribution is -0.118. The first-order chi connectivity index (χ1) is 14.9. The third-order valence-electron chi connectivity index (χ3n) is 5.53. The number of aryl methyl sites for hydroxylation is 2. The Hall–Kier alpha value is -3.81. The fraction of sp³-hybridized carbons (Fsp3) is 0.261. The molecule has 0 unspecified atom stereocenters. The van der Waals surface area contributed by atoms with Crippen molar-refractivity contribution < 1.29 is 19.1 Å². The minimum Gasteiger partial charge on any atom is -0.493 e. The second kappa shape index (κ2) is 8.14. The Kier molecular flexibility index (Phi) is 5.37. The van der Waals surface area contributed by atoms with Crippen LogP contribution in [-0.2, 0) is 11.8 Å². The summed E-state index contributed by atoms with van der Waals surface area (Å²) < 4.78 is 12.5. The van der Waals surface area contributed by atoms with Gasteiger partial charge < -0.3 is 20.1 Å². The number of carbonyl (C=O) groups excluding carboxylic acids is 2. The zero-order valence-electron chi connectivity index (χ0n) is 17.8. The predicted octanol–water partition coefficient (Wildman–Crippen LogP) is 2.63. The maximum absolute atomic E-state index is 13.1. The Balaban J connectivity index is 1.82. The number of hydrogen-bond acceptors (Lipinski definition) is 5. The number of nitrogens with zero attached hydrogens (tertiary/aromatic N) is 2. The number of fused-ring (bicyclic) bond motifs is 1. The van der Waals surface area contributed by atoms with Crippen molar-refractivity contribution in [3.63, 3.8) is 0 Å². The first-order valence-corrected chi connectivity index (χ1v) is 9.86. The van der Waals surface area contributed by atoms with Gasteiger partial charge in [-0.25, -0.2) is 0 Å². The molecule has 0 spiro atoms. The van der Waals surface area contributed by atoms with Crippen LogP contribution in [0.1, 0.15) is 33.1 Å². The summed E-state index contributed by atoms with van der Waals surface area (Å²) in [6.07, 6.45) is 0. The smallest absolute Gasteiger partial charge is 0.251 e. The van der Waals surface area contributed by atoms with Crippen LogP contribution in [-0.4, -0.2) is 41.9 Å². The average molecular weight is 420 g/mol. The Bertz CT molecular complexity index is 1140. The van der Waals surface area contributed by atoms with Crippen LogP contribution in [0.15, 0.2) is 48.5 Å². The molecule has 0 saturated heterocycles. The van der Waals surface area contributed by atoms with Gasteiger partial charge in [-0.05, 0) is 36.8 Å². The van der Waals surface area contributed by atoms with Crippen molar-refractivity contribution in [2.75, 3.05) is 19.5 Å². The van der Waals surface area contributed by atoms with E-state index in [1.807, 2.05) is 25.1 Å². The van der Waals surface area contributed by atoms with Crippen molar-refractivity contribution >= 4 is 17.6 Å². The SMILES string of the molecule is COc1ccc([C@@H]2c3c(C)nn(C)c3NC(=O)[C@@H]2NC(=O)c2ccccc2)cc1OC. The lowest BCUT2D eigenvalue weighted by Crippen LogP contribution is -2.50. The van der Waals surface area contributed by atoms with E-state index in [2.05, 4.69) is 15.7 Å². The highest BCUT2D eigenvalue weighted by Crippen LogP contribution is 2.41. The maximum atomic E-state index is 13.1. The van der Waals surface area contributed by atoms with Crippen molar-refractivity contribution in [1.29, 1.82) is 0 Å². The molecule has 0 aliphatic carbocycles. The standard InChI is InChI=1S/C23H24N4O4/c1-13-18-19(15-10-11-16(30-3)17(12-15)31-4)20(23(29)25-21(18)27(2)26-13)24-22(28)14-8-6-5-7-9-14/h5-12,19-20H,1-4H3,(H,24,28)(H,25,29)/t19-,20-/m1/s1. The third-order valence-corrected chi connectivity index (χ3v) is 5.53. The zero-order valence-corrected chi connectivity index (χ0v) is 17.8. The number of rotatable bonds is 5. The molecule has 31 heavy (non-hydrogen) atoms. The lowest BCUT2D eigenvalue weighted by Gasteiger charge is -2.33. The highest BCUT2D eigenvalue weighted by atomic mass is 16.5. The molecule has 4 rings (SSSR count). The number of hydrogen-bond donors (Lipinski definition) is 2. The quantitative estimate of drug-likeness (QED) is 0.662. The molecule has 2 atom stereocenters. The van der Waals surface area contributed by atoms with Gasteiger partial charge >= 0.3 is 0 Å². The highest BCUT2D eigenvalue weighted by molar-refractivity contribution is 6.03. The Labute approximate surface area is 180 Å². The van der Waals surface area contributed by atoms with E-state index < -0.39 is 12.0 Å². The molecule has 160 valence electrons. The van der Waals surface area contributed by atoms with Gasteiger partial charge in [-0.1, -0.05) is 24.3 Å². The summed E-state index contributed by atoms with van der Waals surface area (Å²) in [6, 6.07) is 13.5. The molecule has 2 heterocycles. The van der Waals surface area contributed by atoms with Gasteiger partial charge in [-0.15, -0.1) is 0 Å². The van der Waals surface area contributed by atoms with Crippen LogP contribution in [0.25, 0.3) is 0 Å². The van der Waals surface area contributed by atoms with Gasteiger partial charge in [-0.2, -0.15) is 5.10 Å². The molecule has 2 N–H and O–H groups in total. The number of amides is 2. The molecular weight excluding hydrogens is 396 g/mol. The van der Waals surface area contributed by atoms with Gasteiger partial charge in [0, 0.05) is 24.1 Å². The largest absolute Gasteiger partial charge is 0.493 e. The van der Waals surface area contributed by atoms with Crippen LogP contribution in [0.3, 0.4) is 0 Å². The normalized spacial score (nSPS) is 17.5. The van der Waals surface area contributed by atoms with Gasteiger partial charge in [0.05, 0.1) is 19.9 Å². The summed E-state index contributed by atoms with van der Waals surface area (Å²) in [5, 5.41) is 10.3. The average Bonchev–Trinajstić information content (AvgIpc) is 3.07. The van der Waals surface area contributed by atoms with E-state index in [1.54, 1.807) is 56.3 Å². The molecule has 0 saturated carbocycles. The molecule has 3 aromatic rings. The van der Waals surface area contributed by atoms with Crippen molar-refractivity contribution in [2.24, 2.45) is 7.05 Å². The number of ether oxygens (including phenoxy) is 2. The monoisotopic (exact) mass is 420 g/mol. The van der Waals surface area contributed by atoms with Gasteiger partial charge in [0.1, 0.15) is 11.9 Å². The molecule has 0 fully saturated rings. The molecule has 0 bridgehead atoms. The molecule has 1 aromatic heterocycles. The molecule has 8 nitrogen and oxygen atoms in total. The summed E-state index contributed by atoms with van der Waals surface area (Å²) in [5.74, 6) is 0.662. The van der Waals surface area contributed by atoms with Gasteiger partial charge in [0.25, 0.3) is 5.91 Å². The number of anilines is 1. The topological polar surface area (TPSA) is 94.5 Å². The molecule has 2 amide bonds. The summed E-state index contributed by atoms with van der Waals surface area (Å²) in [5.41, 5.74) is 2.92. The molecule has 1 aliphatic rings. The fourth-order valence-corrected chi connectivity index (χ4v) is 4.08. The van der Waals surface area contributed by atoms with Crippen molar-refractivity contribution in [2.45, 2.75) is 18.9 Å². The summed E-state index contributed by atoms with van der Waals surface area (Å²) in [6.45, 7) is 1.89. The van der Waals surface area contributed by atoms with E-state index in [-0.39, 0.29) is 11.8 Å². The number of methoxy groups -OCH3 is 2. The van der Waals surface area contributed by atoms with E-state index >= 15 is 0 Å². The van der Waals surface area contributed by atoms with Crippen molar-refractivity contribution in [3.05, 3.63) is 70.9 Å². The minimum absolute atomic E-state index is 0.306. The van der Waals surface area contributed by atoms with Crippen LogP contribution in [0, 0.1) is 6.92 Å². The van der Waals surface area contributed by atoms with Crippen LogP contribution in [0.5, 0.6) is 11.5 Å². The van der Waals surface area contributed by atoms with Gasteiger partial charge in [0.2, 0.25) is 5.91 Å². The highest BCUT2D eigenvalue weighted by Gasteiger charge is 2.41. The van der Waals surface area contributed by atoms with E-state index in [4.69, 9.17) is 9.47 Å². The third kappa shape index (κ3) is 3.61. The fourth-order valence-electron chi connectivity index (χ4n) is 4.08. The molecular formula is C23H24N4O4. The molecule has 2 aromatic carbocycles. The van der Waals surface area contributed by atoms with Crippen LogP contribution < -0.4 is 20.1 Å². The van der Waals surface area contributed by atoms with E-state index in [0.717, 1.165) is 16.8 Å². The second-order valence-corrected chi connectivity index (χ2v) is 7.37. The number of carbonyl (C=O) groups is 2. The predicted molar refractivity (Wildman–Crippen MR) is 116 cm³/mol. The minimum atomic E-state index is -0.832. The van der Waals surface area contributed by atoms with Gasteiger partial charge in [0.15, 0.2) is 11.5 Å². The Morgan fingerprint density at radius 3 is 2.48 bits per heavy atom. The van der Waals surface area contributed by atoms with Crippen LogP contribution >= 0.6 is 0 Å². The van der Waals surface area contributed by atoms with E-state index in [0.29, 0.717) is 22.9 Å². The summed E-state index contributed by atoms with van der Waals surface area (Å²) in [4.78, 5) is 26.0. The Morgan fingerprint density at radius 1 is 1.10 bits per heavy atom. The molecule has 0 radical (unpaired) electrons. The van der Waals surface area contributed by atoms with E-state index in [9.17, 15) is 9.59 Å². The Morgan fingerprint density at radius 2 is 1.81 bits per heavy atom. The number of benzene rings is 2. The van der Waals surface area contributed by atoms with Crippen LogP contribution in [0.2, 0.25) is 0 Å². The number of aromatic nitrogens is 2. The first-order valence-electron chi connectivity index (χ1n) is 9.86. The second-order valence-electron chi connectivity index (χ2n) is 7.37. The maximum Gasteiger partial charge on any atom is 0.251 e. The number of nitrogens with one attached hydrogen (secondary N) is 2. The zero-order chi connectivity index (χ0) is 22.1. The molecule has 1 aliphatic heterocycles. The van der Waals surface area contributed by atoms with Gasteiger partial charge in [-0.3, -0.25) is 14.3 Å². The van der Waals surface area contributed by atoms with E-state index in [1.165, 1.54) is 0 Å². The van der Waals surface area contributed by atoms with Crippen molar-refractivity contribution in [3.8, 4) is 11.5 Å². The lowest BCUT2D eigenvalue weighted by atomic mass is 9.81. The first kappa shape index (κ1) is 20.5. The van der Waals surface area contributed by atoms with Crippen molar-refractivity contribution in [1.82, 2.24) is 15.1 Å². The van der Waals surface area contributed by atoms with Crippen LogP contribution in [0.4, 0.5) is 5.82 Å².